The summed E-state index contributed by atoms with van der Waals surface area (Å²) < 4.78 is 11.0. The molecule has 3 aromatic carbocycles. The van der Waals surface area contributed by atoms with E-state index in [1.54, 1.807) is 0 Å². The summed E-state index contributed by atoms with van der Waals surface area (Å²) in [6.07, 6.45) is 0. The molecule has 3 heteroatoms. The third-order valence-corrected chi connectivity index (χ3v) is 4.76. The Morgan fingerprint density at radius 1 is 0.739 bits per heavy atom. The molecule has 0 saturated carbocycles. The number of hydrogen-bond acceptors (Lipinski definition) is 3. The summed E-state index contributed by atoms with van der Waals surface area (Å²) in [6, 6.07) is 19.1. The van der Waals surface area contributed by atoms with Gasteiger partial charge in [-0.05, 0) is 28.5 Å². The number of benzene rings is 3. The van der Waals surface area contributed by atoms with E-state index in [-0.39, 0.29) is 6.79 Å². The molecule has 1 aliphatic carbocycles. The highest BCUT2D eigenvalue weighted by atomic mass is 16.7. The molecule has 4 aromatic rings. The Kier molecular flexibility index (Phi) is 1.91. The third kappa shape index (κ3) is 1.37. The van der Waals surface area contributed by atoms with Gasteiger partial charge in [-0.3, -0.25) is 0 Å². The van der Waals surface area contributed by atoms with E-state index in [9.17, 15) is 0 Å². The van der Waals surface area contributed by atoms with E-state index in [2.05, 4.69) is 42.5 Å². The number of hydrogen-bond donors (Lipinski definition) is 0. The van der Waals surface area contributed by atoms with Gasteiger partial charge < -0.3 is 9.47 Å². The Hall–Kier alpha value is -3.07. The monoisotopic (exact) mass is 297 g/mol. The number of ether oxygens (including phenoxy) is 2. The smallest absolute Gasteiger partial charge is 0.231 e. The summed E-state index contributed by atoms with van der Waals surface area (Å²) in [5.74, 6) is 1.58. The zero-order valence-corrected chi connectivity index (χ0v) is 12.2. The average molecular weight is 297 g/mol. The number of aromatic nitrogens is 1. The second-order valence-corrected chi connectivity index (χ2v) is 5.99. The van der Waals surface area contributed by atoms with E-state index in [4.69, 9.17) is 14.5 Å². The highest BCUT2D eigenvalue weighted by molar-refractivity contribution is 6.15. The second-order valence-electron chi connectivity index (χ2n) is 5.99. The molecule has 3 nitrogen and oxygen atoms in total. The van der Waals surface area contributed by atoms with Crippen molar-refractivity contribution in [3.05, 3.63) is 54.6 Å². The molecule has 0 N–H and O–H groups in total. The van der Waals surface area contributed by atoms with Crippen LogP contribution in [0.4, 0.5) is 0 Å². The van der Waals surface area contributed by atoms with Crippen molar-refractivity contribution >= 4 is 21.7 Å². The molecule has 0 unspecified atom stereocenters. The molecular weight excluding hydrogens is 286 g/mol. The molecule has 6 rings (SSSR count). The maximum absolute atomic E-state index is 5.50. The zero-order chi connectivity index (χ0) is 15.0. The lowest BCUT2D eigenvalue weighted by molar-refractivity contribution is 0.174. The summed E-state index contributed by atoms with van der Waals surface area (Å²) in [7, 11) is 0. The van der Waals surface area contributed by atoms with Gasteiger partial charge in [0.25, 0.3) is 0 Å². The average Bonchev–Trinajstić information content (AvgIpc) is 3.16. The SMILES string of the molecule is c1cc2c3c(cccc3c1)-c1nc3cc4c(cc3cc1-2)OCO4. The topological polar surface area (TPSA) is 31.4 Å². The Morgan fingerprint density at radius 3 is 2.39 bits per heavy atom. The van der Waals surface area contributed by atoms with Crippen molar-refractivity contribution in [2.45, 2.75) is 0 Å². The quantitative estimate of drug-likeness (QED) is 0.413. The molecular formula is C20H11NO2. The highest BCUT2D eigenvalue weighted by Gasteiger charge is 2.24. The molecule has 1 aliphatic heterocycles. The van der Waals surface area contributed by atoms with Crippen LogP contribution >= 0.6 is 0 Å². The van der Waals surface area contributed by atoms with Crippen molar-refractivity contribution in [1.82, 2.24) is 4.98 Å². The first-order valence-corrected chi connectivity index (χ1v) is 7.65. The third-order valence-electron chi connectivity index (χ3n) is 4.76. The van der Waals surface area contributed by atoms with Gasteiger partial charge in [0, 0.05) is 22.6 Å². The van der Waals surface area contributed by atoms with E-state index >= 15 is 0 Å². The maximum Gasteiger partial charge on any atom is 0.231 e. The van der Waals surface area contributed by atoms with E-state index in [1.807, 2.05) is 12.1 Å². The molecule has 0 bridgehead atoms. The maximum atomic E-state index is 5.50. The van der Waals surface area contributed by atoms with Gasteiger partial charge in [0.1, 0.15) is 0 Å². The molecule has 108 valence electrons. The van der Waals surface area contributed by atoms with Crippen molar-refractivity contribution < 1.29 is 9.47 Å². The normalized spacial score (nSPS) is 13.7. The minimum absolute atomic E-state index is 0.285. The summed E-state index contributed by atoms with van der Waals surface area (Å²) in [5.41, 5.74) is 5.68. The van der Waals surface area contributed by atoms with Gasteiger partial charge in [-0.1, -0.05) is 36.4 Å². The second kappa shape index (κ2) is 3.82. The number of fused-ring (bicyclic) bond motifs is 5. The minimum atomic E-state index is 0.285. The standard InChI is InChI=1S/C20H11NO2/c1-3-11-4-2-6-14-19(11)13(5-1)15-7-12-8-17-18(23-10-22-17)9-16(12)21-20(14)15/h1-9H,10H2. The van der Waals surface area contributed by atoms with Crippen molar-refractivity contribution in [1.29, 1.82) is 0 Å². The lowest BCUT2D eigenvalue weighted by Gasteiger charge is -2.05. The fourth-order valence-electron chi connectivity index (χ4n) is 3.74. The van der Waals surface area contributed by atoms with Gasteiger partial charge in [0.05, 0.1) is 11.2 Å². The predicted octanol–water partition coefficient (Wildman–Crippen LogP) is 4.76. The molecule has 23 heavy (non-hydrogen) atoms. The number of nitrogens with zero attached hydrogens (tertiary/aromatic N) is 1. The molecule has 0 saturated heterocycles. The molecule has 2 heterocycles. The van der Waals surface area contributed by atoms with Gasteiger partial charge in [-0.25, -0.2) is 4.98 Å². The fraction of sp³-hybridized carbons (Fsp3) is 0.0500. The first-order chi connectivity index (χ1) is 11.4. The van der Waals surface area contributed by atoms with Crippen molar-refractivity contribution in [3.63, 3.8) is 0 Å². The lowest BCUT2D eigenvalue weighted by atomic mass is 10.0. The van der Waals surface area contributed by atoms with Crippen LogP contribution in [0.15, 0.2) is 54.6 Å². The number of rotatable bonds is 0. The highest BCUT2D eigenvalue weighted by Crippen LogP contribution is 2.48. The fourth-order valence-corrected chi connectivity index (χ4v) is 3.74. The van der Waals surface area contributed by atoms with E-state index in [0.29, 0.717) is 0 Å². The first kappa shape index (κ1) is 11.5. The minimum Gasteiger partial charge on any atom is -0.454 e. The van der Waals surface area contributed by atoms with Gasteiger partial charge in [-0.2, -0.15) is 0 Å². The molecule has 0 spiro atoms. The van der Waals surface area contributed by atoms with Crippen molar-refractivity contribution in [2.75, 3.05) is 6.79 Å². The lowest BCUT2D eigenvalue weighted by Crippen LogP contribution is -1.92. The molecule has 0 atom stereocenters. The van der Waals surface area contributed by atoms with Gasteiger partial charge in [-0.15, -0.1) is 0 Å². The Morgan fingerprint density at radius 2 is 1.52 bits per heavy atom. The number of pyridine rings is 1. The summed E-state index contributed by atoms with van der Waals surface area (Å²) in [5, 5.41) is 3.64. The summed E-state index contributed by atoms with van der Waals surface area (Å²) in [6.45, 7) is 0.285. The Bertz CT molecular complexity index is 1060. The molecule has 1 aromatic heterocycles. The van der Waals surface area contributed by atoms with Crippen LogP contribution in [0.3, 0.4) is 0 Å². The molecule has 0 amide bonds. The van der Waals surface area contributed by atoms with Crippen LogP contribution in [0.25, 0.3) is 44.1 Å². The molecule has 2 aliphatic rings. The molecule has 0 radical (unpaired) electrons. The van der Waals surface area contributed by atoms with Crippen molar-refractivity contribution in [3.8, 4) is 33.9 Å². The van der Waals surface area contributed by atoms with Gasteiger partial charge in [0.2, 0.25) is 6.79 Å². The van der Waals surface area contributed by atoms with E-state index in [1.165, 1.54) is 27.5 Å². The van der Waals surface area contributed by atoms with E-state index in [0.717, 1.165) is 28.1 Å². The van der Waals surface area contributed by atoms with Crippen LogP contribution in [-0.2, 0) is 0 Å². The van der Waals surface area contributed by atoms with Gasteiger partial charge >= 0.3 is 0 Å². The van der Waals surface area contributed by atoms with Crippen LogP contribution in [0.1, 0.15) is 0 Å². The zero-order valence-electron chi connectivity index (χ0n) is 12.2. The Labute approximate surface area is 132 Å². The van der Waals surface area contributed by atoms with Crippen LogP contribution in [-0.4, -0.2) is 11.8 Å². The molecule has 0 fully saturated rings. The van der Waals surface area contributed by atoms with Gasteiger partial charge in [0.15, 0.2) is 11.5 Å². The van der Waals surface area contributed by atoms with Crippen LogP contribution in [0, 0.1) is 0 Å². The van der Waals surface area contributed by atoms with Crippen LogP contribution < -0.4 is 9.47 Å². The first-order valence-electron chi connectivity index (χ1n) is 7.65. The Balaban J connectivity index is 1.76. The predicted molar refractivity (Wildman–Crippen MR) is 89.8 cm³/mol. The summed E-state index contributed by atoms with van der Waals surface area (Å²) in [4.78, 5) is 4.94. The van der Waals surface area contributed by atoms with Crippen molar-refractivity contribution in [2.24, 2.45) is 0 Å². The van der Waals surface area contributed by atoms with Crippen LogP contribution in [0.2, 0.25) is 0 Å². The summed E-state index contributed by atoms with van der Waals surface area (Å²) >= 11 is 0. The van der Waals surface area contributed by atoms with Crippen LogP contribution in [0.5, 0.6) is 11.5 Å². The largest absolute Gasteiger partial charge is 0.454 e. The van der Waals surface area contributed by atoms with E-state index < -0.39 is 0 Å².